The first kappa shape index (κ1) is 27.0. The molecule has 1 amide bonds. The third-order valence-corrected chi connectivity index (χ3v) is 8.50. The van der Waals surface area contributed by atoms with Crippen LogP contribution in [0.1, 0.15) is 30.5 Å². The standard InChI is InChI=1S/C27H27ClF2N2O4S/c1-19(24-5-3-2-4-20(24)6-13-27(33)31-14-16-36-17-15-31)32(26-18-22(29)9-12-25(26)30)37(34,35)23-10-7-21(28)8-11-23/h2-5,7-12,18-19H,6,13-17H2,1H3/t19-/m1/s1. The van der Waals surface area contributed by atoms with Gasteiger partial charge in [0, 0.05) is 30.6 Å². The van der Waals surface area contributed by atoms with Crippen LogP contribution in [0.4, 0.5) is 14.5 Å². The number of benzene rings is 3. The Bertz CT molecular complexity index is 1360. The molecule has 1 atom stereocenters. The smallest absolute Gasteiger partial charge is 0.264 e. The molecule has 0 radical (unpaired) electrons. The molecule has 0 bridgehead atoms. The normalized spacial score (nSPS) is 14.9. The second-order valence-electron chi connectivity index (χ2n) is 8.72. The number of sulfonamides is 1. The van der Waals surface area contributed by atoms with Crippen LogP contribution in [0.5, 0.6) is 0 Å². The van der Waals surface area contributed by atoms with Crippen molar-refractivity contribution in [3.63, 3.8) is 0 Å². The summed E-state index contributed by atoms with van der Waals surface area (Å²) in [5.74, 6) is -1.68. The Morgan fingerprint density at radius 1 is 1.05 bits per heavy atom. The van der Waals surface area contributed by atoms with Gasteiger partial charge in [-0.25, -0.2) is 17.2 Å². The van der Waals surface area contributed by atoms with Gasteiger partial charge in [0.15, 0.2) is 0 Å². The van der Waals surface area contributed by atoms with E-state index in [-0.39, 0.29) is 17.2 Å². The molecule has 1 saturated heterocycles. The van der Waals surface area contributed by atoms with Crippen molar-refractivity contribution in [3.8, 4) is 0 Å². The van der Waals surface area contributed by atoms with Gasteiger partial charge in [0.05, 0.1) is 29.8 Å². The Hall–Kier alpha value is -3.01. The fraction of sp³-hybridized carbons (Fsp3) is 0.296. The van der Waals surface area contributed by atoms with E-state index in [4.69, 9.17) is 16.3 Å². The van der Waals surface area contributed by atoms with E-state index < -0.39 is 33.4 Å². The molecule has 0 unspecified atom stereocenters. The van der Waals surface area contributed by atoms with Crippen molar-refractivity contribution in [3.05, 3.63) is 94.5 Å². The van der Waals surface area contributed by atoms with E-state index in [2.05, 4.69) is 0 Å². The number of anilines is 1. The molecule has 0 spiro atoms. The van der Waals surface area contributed by atoms with Gasteiger partial charge >= 0.3 is 0 Å². The second kappa shape index (κ2) is 11.6. The molecule has 1 fully saturated rings. The topological polar surface area (TPSA) is 66.9 Å². The monoisotopic (exact) mass is 548 g/mol. The Labute approximate surface area is 220 Å². The summed E-state index contributed by atoms with van der Waals surface area (Å²) in [4.78, 5) is 14.4. The number of amides is 1. The molecule has 1 aliphatic rings. The van der Waals surface area contributed by atoms with Gasteiger partial charge < -0.3 is 9.64 Å². The van der Waals surface area contributed by atoms with Crippen LogP contribution in [-0.2, 0) is 26.0 Å². The molecular weight excluding hydrogens is 522 g/mol. The fourth-order valence-corrected chi connectivity index (χ4v) is 6.19. The second-order valence-corrected chi connectivity index (χ2v) is 11.0. The molecule has 0 aliphatic carbocycles. The molecule has 1 heterocycles. The van der Waals surface area contributed by atoms with Crippen molar-refractivity contribution in [1.82, 2.24) is 4.90 Å². The Balaban J connectivity index is 1.72. The molecule has 37 heavy (non-hydrogen) atoms. The quantitative estimate of drug-likeness (QED) is 0.380. The molecule has 0 saturated carbocycles. The highest BCUT2D eigenvalue weighted by atomic mass is 35.5. The van der Waals surface area contributed by atoms with Crippen molar-refractivity contribution in [2.45, 2.75) is 30.7 Å². The van der Waals surface area contributed by atoms with E-state index in [1.54, 1.807) is 30.0 Å². The van der Waals surface area contributed by atoms with Gasteiger partial charge in [0.25, 0.3) is 10.0 Å². The average molecular weight is 549 g/mol. The fourth-order valence-electron chi connectivity index (χ4n) is 4.43. The number of nitrogens with zero attached hydrogens (tertiary/aromatic N) is 2. The summed E-state index contributed by atoms with van der Waals surface area (Å²) in [6, 6.07) is 14.3. The van der Waals surface area contributed by atoms with Crippen molar-refractivity contribution < 1.29 is 26.7 Å². The zero-order valence-electron chi connectivity index (χ0n) is 20.2. The minimum Gasteiger partial charge on any atom is -0.378 e. The van der Waals surface area contributed by atoms with Crippen molar-refractivity contribution in [2.75, 3.05) is 30.6 Å². The summed E-state index contributed by atoms with van der Waals surface area (Å²) in [7, 11) is -4.34. The lowest BCUT2D eigenvalue weighted by molar-refractivity contribution is -0.135. The Morgan fingerprint density at radius 2 is 1.73 bits per heavy atom. The maximum absolute atomic E-state index is 15.0. The number of hydrogen-bond acceptors (Lipinski definition) is 4. The van der Waals surface area contributed by atoms with Gasteiger partial charge in [-0.2, -0.15) is 0 Å². The molecule has 6 nitrogen and oxygen atoms in total. The summed E-state index contributed by atoms with van der Waals surface area (Å²) >= 11 is 5.94. The highest BCUT2D eigenvalue weighted by Crippen LogP contribution is 2.37. The molecular formula is C27H27ClF2N2O4S. The number of rotatable bonds is 8. The third-order valence-electron chi connectivity index (χ3n) is 6.35. The average Bonchev–Trinajstić information content (AvgIpc) is 2.90. The lowest BCUT2D eigenvalue weighted by Gasteiger charge is -2.32. The van der Waals surface area contributed by atoms with Crippen LogP contribution in [0.25, 0.3) is 0 Å². The zero-order chi connectivity index (χ0) is 26.6. The predicted molar refractivity (Wildman–Crippen MR) is 138 cm³/mol. The van der Waals surface area contributed by atoms with Gasteiger partial charge in [-0.3, -0.25) is 9.10 Å². The van der Waals surface area contributed by atoms with E-state index in [0.29, 0.717) is 43.3 Å². The number of ether oxygens (including phenoxy) is 1. The lowest BCUT2D eigenvalue weighted by Crippen LogP contribution is -2.40. The van der Waals surface area contributed by atoms with E-state index in [9.17, 15) is 17.6 Å². The first-order chi connectivity index (χ1) is 17.7. The van der Waals surface area contributed by atoms with Gasteiger partial charge in [0.1, 0.15) is 11.6 Å². The SMILES string of the molecule is C[C@H](c1ccccc1CCC(=O)N1CCOCC1)N(c1cc(F)ccc1F)S(=O)(=O)c1ccc(Cl)cc1. The molecule has 3 aromatic rings. The number of hydrogen-bond donors (Lipinski definition) is 0. The van der Waals surface area contributed by atoms with Gasteiger partial charge in [-0.15, -0.1) is 0 Å². The molecule has 4 rings (SSSR count). The number of carbonyl (C=O) groups excluding carboxylic acids is 1. The van der Waals surface area contributed by atoms with Crippen LogP contribution in [0.3, 0.4) is 0 Å². The molecule has 196 valence electrons. The van der Waals surface area contributed by atoms with Gasteiger partial charge in [0.2, 0.25) is 5.91 Å². The van der Waals surface area contributed by atoms with Crippen molar-refractivity contribution in [2.24, 2.45) is 0 Å². The minimum absolute atomic E-state index is 0.0208. The van der Waals surface area contributed by atoms with Gasteiger partial charge in [-0.1, -0.05) is 35.9 Å². The summed E-state index contributed by atoms with van der Waals surface area (Å²) in [5, 5.41) is 0.339. The van der Waals surface area contributed by atoms with E-state index in [1.165, 1.54) is 24.3 Å². The molecule has 1 aliphatic heterocycles. The lowest BCUT2D eigenvalue weighted by atomic mass is 9.97. The Morgan fingerprint density at radius 3 is 2.43 bits per heavy atom. The number of morpholine rings is 1. The third kappa shape index (κ3) is 6.11. The first-order valence-corrected chi connectivity index (χ1v) is 13.7. The maximum Gasteiger partial charge on any atom is 0.264 e. The molecule has 10 heteroatoms. The van der Waals surface area contributed by atoms with E-state index >= 15 is 4.39 Å². The highest BCUT2D eigenvalue weighted by molar-refractivity contribution is 7.92. The zero-order valence-corrected chi connectivity index (χ0v) is 21.8. The summed E-state index contributed by atoms with van der Waals surface area (Å²) in [6.45, 7) is 3.66. The molecule has 3 aromatic carbocycles. The van der Waals surface area contributed by atoms with E-state index in [0.717, 1.165) is 28.1 Å². The number of carbonyl (C=O) groups is 1. The summed E-state index contributed by atoms with van der Waals surface area (Å²) in [6.07, 6.45) is 0.583. The van der Waals surface area contributed by atoms with Crippen LogP contribution in [-0.4, -0.2) is 45.5 Å². The molecule has 0 N–H and O–H groups in total. The van der Waals surface area contributed by atoms with Crippen molar-refractivity contribution in [1.29, 1.82) is 0 Å². The van der Waals surface area contributed by atoms with Crippen LogP contribution >= 0.6 is 11.6 Å². The Kier molecular flexibility index (Phi) is 8.46. The van der Waals surface area contributed by atoms with Crippen LogP contribution in [0.15, 0.2) is 71.6 Å². The number of aryl methyl sites for hydroxylation is 1. The first-order valence-electron chi connectivity index (χ1n) is 11.9. The summed E-state index contributed by atoms with van der Waals surface area (Å²) in [5.41, 5.74) is 0.907. The largest absolute Gasteiger partial charge is 0.378 e. The van der Waals surface area contributed by atoms with Crippen molar-refractivity contribution >= 4 is 33.2 Å². The molecule has 0 aromatic heterocycles. The van der Waals surface area contributed by atoms with Crippen LogP contribution < -0.4 is 4.31 Å². The van der Waals surface area contributed by atoms with Crippen LogP contribution in [0, 0.1) is 11.6 Å². The highest BCUT2D eigenvalue weighted by Gasteiger charge is 2.33. The number of halogens is 3. The van der Waals surface area contributed by atoms with E-state index in [1.807, 2.05) is 6.07 Å². The maximum atomic E-state index is 15.0. The van der Waals surface area contributed by atoms with Crippen LogP contribution in [0.2, 0.25) is 5.02 Å². The minimum atomic E-state index is -4.34. The summed E-state index contributed by atoms with van der Waals surface area (Å²) < 4.78 is 63.1. The predicted octanol–water partition coefficient (Wildman–Crippen LogP) is 5.37. The van der Waals surface area contributed by atoms with Gasteiger partial charge in [-0.05, 0) is 60.9 Å².